The molecule has 25 heavy (non-hydrogen) atoms. The van der Waals surface area contributed by atoms with Crippen LogP contribution in [0.25, 0.3) is 0 Å². The molecule has 6 nitrogen and oxygen atoms in total. The number of carbonyl (C=O) groups excluding carboxylic acids is 1. The molecule has 0 aliphatic rings. The van der Waals surface area contributed by atoms with E-state index in [1.165, 1.54) is 0 Å². The summed E-state index contributed by atoms with van der Waals surface area (Å²) in [6.45, 7) is 1.87. The van der Waals surface area contributed by atoms with Gasteiger partial charge in [0.2, 0.25) is 5.91 Å². The third-order valence-electron chi connectivity index (χ3n) is 4.10. The second-order valence-electron chi connectivity index (χ2n) is 5.92. The number of aryl methyl sites for hydroxylation is 1. The Hall–Kier alpha value is -3.15. The number of aromatic nitrogens is 3. The molecule has 1 atom stereocenters. The number of hydrogen-bond acceptors (Lipinski definition) is 4. The van der Waals surface area contributed by atoms with Crippen molar-refractivity contribution in [1.82, 2.24) is 20.1 Å². The number of carbonyl (C=O) groups is 1. The molecule has 0 unspecified atom stereocenters. The molecule has 0 spiro atoms. The molecule has 0 fully saturated rings. The van der Waals surface area contributed by atoms with Crippen molar-refractivity contribution in [2.24, 2.45) is 7.05 Å². The Morgan fingerprint density at radius 1 is 1.16 bits per heavy atom. The highest BCUT2D eigenvalue weighted by Crippen LogP contribution is 2.21. The smallest absolute Gasteiger partial charge is 0.225 e. The van der Waals surface area contributed by atoms with E-state index in [0.717, 1.165) is 17.0 Å². The van der Waals surface area contributed by atoms with Crippen LogP contribution in [-0.2, 0) is 18.3 Å². The van der Waals surface area contributed by atoms with E-state index in [9.17, 15) is 9.90 Å². The summed E-state index contributed by atoms with van der Waals surface area (Å²) < 4.78 is 1.87. The van der Waals surface area contributed by atoms with Gasteiger partial charge in [-0.25, -0.2) is 0 Å². The molecular weight excluding hydrogens is 316 g/mol. The zero-order valence-electron chi connectivity index (χ0n) is 14.2. The van der Waals surface area contributed by atoms with Gasteiger partial charge in [0.15, 0.2) is 5.82 Å². The molecule has 128 valence electrons. The van der Waals surface area contributed by atoms with E-state index < -0.39 is 6.04 Å². The molecule has 0 aliphatic carbocycles. The first kappa shape index (κ1) is 16.7. The lowest BCUT2D eigenvalue weighted by Crippen LogP contribution is -2.32. The van der Waals surface area contributed by atoms with Crippen molar-refractivity contribution in [2.75, 3.05) is 0 Å². The van der Waals surface area contributed by atoms with E-state index in [1.54, 1.807) is 18.2 Å². The number of aromatic hydroxyl groups is 1. The zero-order valence-corrected chi connectivity index (χ0v) is 14.2. The quantitative estimate of drug-likeness (QED) is 0.749. The number of phenols is 1. The maximum absolute atomic E-state index is 12.5. The first-order valence-electron chi connectivity index (χ1n) is 8.02. The van der Waals surface area contributed by atoms with Crippen molar-refractivity contribution in [3.63, 3.8) is 0 Å². The minimum atomic E-state index is -0.391. The van der Waals surface area contributed by atoms with Crippen molar-refractivity contribution in [1.29, 1.82) is 0 Å². The minimum Gasteiger partial charge on any atom is -0.508 e. The van der Waals surface area contributed by atoms with Crippen LogP contribution in [0.15, 0.2) is 54.6 Å². The summed E-state index contributed by atoms with van der Waals surface area (Å²) in [5.74, 6) is 1.44. The first-order valence-corrected chi connectivity index (χ1v) is 8.02. The standard InChI is InChI=1S/C19H20N4O2/c1-13-21-22-19(23(13)2)18(15-8-4-3-5-9-15)20-17(25)12-14-7-6-10-16(24)11-14/h3-11,18,24H,12H2,1-2H3,(H,20,25)/t18-/m0/s1. The van der Waals surface area contributed by atoms with Gasteiger partial charge >= 0.3 is 0 Å². The summed E-state index contributed by atoms with van der Waals surface area (Å²) in [7, 11) is 1.88. The molecule has 2 N–H and O–H groups in total. The monoisotopic (exact) mass is 336 g/mol. The van der Waals surface area contributed by atoms with Gasteiger partial charge in [-0.3, -0.25) is 4.79 Å². The van der Waals surface area contributed by atoms with Crippen molar-refractivity contribution >= 4 is 5.91 Å². The fraction of sp³-hybridized carbons (Fsp3) is 0.211. The van der Waals surface area contributed by atoms with Gasteiger partial charge < -0.3 is 15.0 Å². The van der Waals surface area contributed by atoms with Crippen molar-refractivity contribution in [3.05, 3.63) is 77.4 Å². The van der Waals surface area contributed by atoms with Gasteiger partial charge in [-0.05, 0) is 30.2 Å². The summed E-state index contributed by atoms with van der Waals surface area (Å²) >= 11 is 0. The maximum Gasteiger partial charge on any atom is 0.225 e. The number of phenolic OH excluding ortho intramolecular Hbond substituents is 1. The zero-order chi connectivity index (χ0) is 17.8. The number of benzene rings is 2. The lowest BCUT2D eigenvalue weighted by molar-refractivity contribution is -0.121. The van der Waals surface area contributed by atoms with E-state index in [-0.39, 0.29) is 18.1 Å². The molecule has 2 aromatic carbocycles. The summed E-state index contributed by atoms with van der Waals surface area (Å²) in [6.07, 6.45) is 0.175. The summed E-state index contributed by atoms with van der Waals surface area (Å²) in [4.78, 5) is 12.5. The fourth-order valence-corrected chi connectivity index (χ4v) is 2.68. The largest absolute Gasteiger partial charge is 0.508 e. The van der Waals surface area contributed by atoms with Gasteiger partial charge in [-0.15, -0.1) is 10.2 Å². The van der Waals surface area contributed by atoms with Gasteiger partial charge in [0.1, 0.15) is 17.6 Å². The molecule has 1 amide bonds. The van der Waals surface area contributed by atoms with Gasteiger partial charge in [0.25, 0.3) is 0 Å². The fourth-order valence-electron chi connectivity index (χ4n) is 2.68. The molecule has 0 bridgehead atoms. The number of hydrogen-bond donors (Lipinski definition) is 2. The molecule has 0 radical (unpaired) electrons. The number of nitrogens with zero attached hydrogens (tertiary/aromatic N) is 3. The molecular formula is C19H20N4O2. The Labute approximate surface area is 146 Å². The minimum absolute atomic E-state index is 0.147. The van der Waals surface area contributed by atoms with Crippen molar-refractivity contribution in [3.8, 4) is 5.75 Å². The predicted molar refractivity (Wildman–Crippen MR) is 94.0 cm³/mol. The highest BCUT2D eigenvalue weighted by molar-refractivity contribution is 5.79. The van der Waals surface area contributed by atoms with Crippen molar-refractivity contribution in [2.45, 2.75) is 19.4 Å². The second-order valence-corrected chi connectivity index (χ2v) is 5.92. The SMILES string of the molecule is Cc1nnc([C@@H](NC(=O)Cc2cccc(O)c2)c2ccccc2)n1C. The molecule has 0 aliphatic heterocycles. The van der Waals surface area contributed by atoms with Crippen LogP contribution in [-0.4, -0.2) is 25.8 Å². The molecule has 1 aromatic heterocycles. The third-order valence-corrected chi connectivity index (χ3v) is 4.10. The summed E-state index contributed by atoms with van der Waals surface area (Å²) in [5, 5.41) is 20.9. The lowest BCUT2D eigenvalue weighted by atomic mass is 10.1. The maximum atomic E-state index is 12.5. The van der Waals surface area contributed by atoms with Crippen molar-refractivity contribution < 1.29 is 9.90 Å². The Balaban J connectivity index is 1.85. The van der Waals surface area contributed by atoms with Crippen LogP contribution in [0.4, 0.5) is 0 Å². The van der Waals surface area contributed by atoms with Gasteiger partial charge in [-0.1, -0.05) is 42.5 Å². The third kappa shape index (κ3) is 3.85. The van der Waals surface area contributed by atoms with Gasteiger partial charge in [0, 0.05) is 7.05 Å². The van der Waals surface area contributed by atoms with E-state index in [4.69, 9.17) is 0 Å². The topological polar surface area (TPSA) is 80.0 Å². The second kappa shape index (κ2) is 7.17. The predicted octanol–water partition coefficient (Wildman–Crippen LogP) is 2.28. The van der Waals surface area contributed by atoms with Crippen LogP contribution < -0.4 is 5.32 Å². The first-order chi connectivity index (χ1) is 12.0. The summed E-state index contributed by atoms with van der Waals surface area (Å²) in [6, 6.07) is 16.0. The van der Waals surface area contributed by atoms with Crippen LogP contribution in [0.5, 0.6) is 5.75 Å². The molecule has 1 heterocycles. The van der Waals surface area contributed by atoms with E-state index in [0.29, 0.717) is 5.82 Å². The molecule has 0 saturated carbocycles. The van der Waals surface area contributed by atoms with Gasteiger partial charge in [0.05, 0.1) is 6.42 Å². The Kier molecular flexibility index (Phi) is 4.79. The Bertz CT molecular complexity index is 874. The van der Waals surface area contributed by atoms with Crippen LogP contribution in [0, 0.1) is 6.92 Å². The Morgan fingerprint density at radius 3 is 2.56 bits per heavy atom. The van der Waals surface area contributed by atoms with E-state index in [2.05, 4.69) is 15.5 Å². The van der Waals surface area contributed by atoms with Crippen LogP contribution in [0.3, 0.4) is 0 Å². The lowest BCUT2D eigenvalue weighted by Gasteiger charge is -2.19. The highest BCUT2D eigenvalue weighted by Gasteiger charge is 2.22. The average Bonchev–Trinajstić information content (AvgIpc) is 2.93. The van der Waals surface area contributed by atoms with E-state index in [1.807, 2.05) is 54.9 Å². The Morgan fingerprint density at radius 2 is 1.92 bits per heavy atom. The number of nitrogens with one attached hydrogen (secondary N) is 1. The van der Waals surface area contributed by atoms with Crippen LogP contribution in [0.1, 0.15) is 28.8 Å². The van der Waals surface area contributed by atoms with E-state index >= 15 is 0 Å². The molecule has 0 saturated heterocycles. The molecule has 6 heteroatoms. The molecule has 3 aromatic rings. The average molecular weight is 336 g/mol. The van der Waals surface area contributed by atoms with Crippen LogP contribution in [0.2, 0.25) is 0 Å². The summed E-state index contributed by atoms with van der Waals surface area (Å²) in [5.41, 5.74) is 1.68. The number of rotatable bonds is 5. The molecule has 3 rings (SSSR count). The number of amides is 1. The highest BCUT2D eigenvalue weighted by atomic mass is 16.3. The van der Waals surface area contributed by atoms with Gasteiger partial charge in [-0.2, -0.15) is 0 Å². The van der Waals surface area contributed by atoms with Crippen LogP contribution >= 0.6 is 0 Å². The normalized spacial score (nSPS) is 11.9.